The number of benzene rings is 1. The van der Waals surface area contributed by atoms with Crippen molar-refractivity contribution < 1.29 is 4.74 Å². The number of hydrogen-bond acceptors (Lipinski definition) is 2. The Bertz CT molecular complexity index is 386. The number of ether oxygens (including phenoxy) is 1. The van der Waals surface area contributed by atoms with E-state index in [0.717, 1.165) is 18.6 Å². The Labute approximate surface area is 103 Å². The Balaban J connectivity index is 2.48. The topological polar surface area (TPSA) is 59.1 Å². The third-order valence-corrected chi connectivity index (χ3v) is 3.03. The predicted molar refractivity (Wildman–Crippen MR) is 71.6 cm³/mol. The van der Waals surface area contributed by atoms with Crippen LogP contribution < -0.4 is 10.5 Å². The molecule has 0 spiro atoms. The van der Waals surface area contributed by atoms with Gasteiger partial charge in [0.2, 0.25) is 0 Å². The van der Waals surface area contributed by atoms with E-state index in [2.05, 4.69) is 19.1 Å². The predicted octanol–water partition coefficient (Wildman–Crippen LogP) is 2.98. The molecule has 0 unspecified atom stereocenters. The maximum atomic E-state index is 7.47. The van der Waals surface area contributed by atoms with E-state index in [1.165, 1.54) is 5.56 Å². The van der Waals surface area contributed by atoms with Gasteiger partial charge in [-0.15, -0.1) is 0 Å². The van der Waals surface area contributed by atoms with E-state index in [4.69, 9.17) is 15.9 Å². The fourth-order valence-electron chi connectivity index (χ4n) is 1.41. The number of rotatable bonds is 6. The third-order valence-electron chi connectivity index (χ3n) is 3.03. The Morgan fingerprint density at radius 1 is 1.41 bits per heavy atom. The summed E-state index contributed by atoms with van der Waals surface area (Å²) in [6, 6.07) is 8.11. The maximum absolute atomic E-state index is 7.47. The average Bonchev–Trinajstić information content (AvgIpc) is 2.29. The first-order chi connectivity index (χ1) is 7.95. The zero-order chi connectivity index (χ0) is 12.9. The van der Waals surface area contributed by atoms with Crippen molar-refractivity contribution in [2.75, 3.05) is 6.61 Å². The van der Waals surface area contributed by atoms with Crippen molar-refractivity contribution in [2.24, 2.45) is 11.1 Å². The SMILES string of the molecule is CCc1cccc(OCCC(C)(C)C(=N)N)c1. The molecule has 3 nitrogen and oxygen atoms in total. The molecule has 0 fully saturated rings. The van der Waals surface area contributed by atoms with E-state index < -0.39 is 0 Å². The molecule has 0 saturated carbocycles. The van der Waals surface area contributed by atoms with E-state index in [-0.39, 0.29) is 11.3 Å². The van der Waals surface area contributed by atoms with Crippen LogP contribution in [0.1, 0.15) is 32.8 Å². The van der Waals surface area contributed by atoms with Gasteiger partial charge in [-0.3, -0.25) is 5.41 Å². The van der Waals surface area contributed by atoms with Gasteiger partial charge in [0.05, 0.1) is 12.4 Å². The summed E-state index contributed by atoms with van der Waals surface area (Å²) in [5.41, 5.74) is 6.51. The van der Waals surface area contributed by atoms with Crippen molar-refractivity contribution in [3.8, 4) is 5.75 Å². The van der Waals surface area contributed by atoms with E-state index in [1.54, 1.807) is 0 Å². The lowest BCUT2D eigenvalue weighted by Gasteiger charge is -2.22. The summed E-state index contributed by atoms with van der Waals surface area (Å²) >= 11 is 0. The van der Waals surface area contributed by atoms with Gasteiger partial charge in [-0.25, -0.2) is 0 Å². The van der Waals surface area contributed by atoms with Gasteiger partial charge in [-0.05, 0) is 30.5 Å². The van der Waals surface area contributed by atoms with Crippen molar-refractivity contribution in [1.82, 2.24) is 0 Å². The van der Waals surface area contributed by atoms with Gasteiger partial charge in [0.1, 0.15) is 5.75 Å². The summed E-state index contributed by atoms with van der Waals surface area (Å²) in [6.45, 7) is 6.63. The minimum atomic E-state index is -0.289. The standard InChI is InChI=1S/C14H22N2O/c1-4-11-6-5-7-12(10-11)17-9-8-14(2,3)13(15)16/h5-7,10H,4,8-9H2,1-3H3,(H3,15,16). The lowest BCUT2D eigenvalue weighted by atomic mass is 9.88. The molecular formula is C14H22N2O. The van der Waals surface area contributed by atoms with Crippen LogP contribution in [0.15, 0.2) is 24.3 Å². The highest BCUT2D eigenvalue weighted by Gasteiger charge is 2.21. The minimum absolute atomic E-state index is 0.211. The van der Waals surface area contributed by atoms with Crippen molar-refractivity contribution in [3.05, 3.63) is 29.8 Å². The molecule has 17 heavy (non-hydrogen) atoms. The first-order valence-corrected chi connectivity index (χ1v) is 6.02. The summed E-state index contributed by atoms with van der Waals surface area (Å²) < 4.78 is 5.68. The van der Waals surface area contributed by atoms with Crippen molar-refractivity contribution >= 4 is 5.84 Å². The van der Waals surface area contributed by atoms with Gasteiger partial charge in [0.15, 0.2) is 0 Å². The highest BCUT2D eigenvalue weighted by Crippen LogP contribution is 2.21. The molecule has 0 saturated heterocycles. The van der Waals surface area contributed by atoms with Gasteiger partial charge in [0.25, 0.3) is 0 Å². The quantitative estimate of drug-likeness (QED) is 0.587. The Hall–Kier alpha value is -1.51. The number of amidine groups is 1. The minimum Gasteiger partial charge on any atom is -0.494 e. The van der Waals surface area contributed by atoms with Crippen LogP contribution in [0.3, 0.4) is 0 Å². The van der Waals surface area contributed by atoms with Crippen LogP contribution in [-0.2, 0) is 6.42 Å². The Kier molecular flexibility index (Phi) is 4.55. The van der Waals surface area contributed by atoms with Crippen LogP contribution in [0.4, 0.5) is 0 Å². The second-order valence-corrected chi connectivity index (χ2v) is 4.90. The van der Waals surface area contributed by atoms with Crippen LogP contribution >= 0.6 is 0 Å². The molecular weight excluding hydrogens is 212 g/mol. The van der Waals surface area contributed by atoms with Crippen LogP contribution in [0.25, 0.3) is 0 Å². The van der Waals surface area contributed by atoms with Gasteiger partial charge < -0.3 is 10.5 Å². The zero-order valence-corrected chi connectivity index (χ0v) is 10.9. The van der Waals surface area contributed by atoms with Crippen LogP contribution in [-0.4, -0.2) is 12.4 Å². The number of nitrogens with two attached hydrogens (primary N) is 1. The van der Waals surface area contributed by atoms with Gasteiger partial charge >= 0.3 is 0 Å². The second-order valence-electron chi connectivity index (χ2n) is 4.90. The fraction of sp³-hybridized carbons (Fsp3) is 0.500. The van der Waals surface area contributed by atoms with E-state index in [0.29, 0.717) is 6.61 Å². The number of nitrogens with one attached hydrogen (secondary N) is 1. The largest absolute Gasteiger partial charge is 0.494 e. The molecule has 0 aliphatic heterocycles. The summed E-state index contributed by atoms with van der Waals surface area (Å²) in [4.78, 5) is 0. The monoisotopic (exact) mass is 234 g/mol. The summed E-state index contributed by atoms with van der Waals surface area (Å²) in [5, 5.41) is 7.47. The molecule has 94 valence electrons. The zero-order valence-electron chi connectivity index (χ0n) is 10.9. The van der Waals surface area contributed by atoms with Gasteiger partial charge in [0, 0.05) is 5.41 Å². The molecule has 0 aliphatic rings. The molecule has 1 aromatic carbocycles. The summed E-state index contributed by atoms with van der Waals surface area (Å²) in [7, 11) is 0. The molecule has 1 rings (SSSR count). The molecule has 0 aliphatic carbocycles. The maximum Gasteiger partial charge on any atom is 0.119 e. The molecule has 0 atom stereocenters. The normalized spacial score (nSPS) is 11.2. The first-order valence-electron chi connectivity index (χ1n) is 6.02. The molecule has 0 heterocycles. The molecule has 3 heteroatoms. The van der Waals surface area contributed by atoms with Crippen LogP contribution in [0, 0.1) is 10.8 Å². The number of aryl methyl sites for hydroxylation is 1. The molecule has 3 N–H and O–H groups in total. The molecule has 0 amide bonds. The van der Waals surface area contributed by atoms with Gasteiger partial charge in [-0.2, -0.15) is 0 Å². The third kappa shape index (κ3) is 4.10. The van der Waals surface area contributed by atoms with Crippen LogP contribution in [0.5, 0.6) is 5.75 Å². The van der Waals surface area contributed by atoms with E-state index in [9.17, 15) is 0 Å². The highest BCUT2D eigenvalue weighted by atomic mass is 16.5. The summed E-state index contributed by atoms with van der Waals surface area (Å²) in [6.07, 6.45) is 1.76. The highest BCUT2D eigenvalue weighted by molar-refractivity contribution is 5.82. The van der Waals surface area contributed by atoms with Crippen molar-refractivity contribution in [3.63, 3.8) is 0 Å². The lowest BCUT2D eigenvalue weighted by molar-refractivity contribution is 0.268. The fourth-order valence-corrected chi connectivity index (χ4v) is 1.41. The van der Waals surface area contributed by atoms with Gasteiger partial charge in [-0.1, -0.05) is 32.9 Å². The lowest BCUT2D eigenvalue weighted by Crippen LogP contribution is -2.32. The second kappa shape index (κ2) is 5.71. The summed E-state index contributed by atoms with van der Waals surface area (Å²) in [5.74, 6) is 1.10. The first kappa shape index (κ1) is 13.6. The van der Waals surface area contributed by atoms with Crippen molar-refractivity contribution in [1.29, 1.82) is 5.41 Å². The Morgan fingerprint density at radius 3 is 2.71 bits per heavy atom. The van der Waals surface area contributed by atoms with Crippen molar-refractivity contribution in [2.45, 2.75) is 33.6 Å². The van der Waals surface area contributed by atoms with E-state index in [1.807, 2.05) is 26.0 Å². The average molecular weight is 234 g/mol. The Morgan fingerprint density at radius 2 is 2.12 bits per heavy atom. The number of hydrogen-bond donors (Lipinski definition) is 2. The van der Waals surface area contributed by atoms with E-state index >= 15 is 0 Å². The smallest absolute Gasteiger partial charge is 0.119 e. The molecule has 1 aromatic rings. The van der Waals surface area contributed by atoms with Crippen LogP contribution in [0.2, 0.25) is 0 Å². The molecule has 0 aromatic heterocycles. The molecule has 0 bridgehead atoms. The molecule has 0 radical (unpaired) electrons.